The van der Waals surface area contributed by atoms with Gasteiger partial charge in [-0.25, -0.2) is 4.98 Å². The molecule has 32 heavy (non-hydrogen) atoms. The number of aromatic nitrogens is 4. The lowest BCUT2D eigenvalue weighted by molar-refractivity contribution is 0.0980. The summed E-state index contributed by atoms with van der Waals surface area (Å²) < 4.78 is 7.42. The molecule has 158 valence electrons. The molecular formula is C25H21N5O2. The maximum Gasteiger partial charge on any atom is 0.276 e. The SMILES string of the molecule is COc1ccccc1-c1cc(C(=O)N(Cc2cnc3ccccn23)c2ccccc2)[nH]n1. The van der Waals surface area contributed by atoms with E-state index in [1.54, 1.807) is 24.3 Å². The van der Waals surface area contributed by atoms with Gasteiger partial charge in [-0.1, -0.05) is 36.4 Å². The number of ether oxygens (including phenoxy) is 1. The lowest BCUT2D eigenvalue weighted by atomic mass is 10.1. The molecule has 0 spiro atoms. The fraction of sp³-hybridized carbons (Fsp3) is 0.0800. The van der Waals surface area contributed by atoms with Crippen LogP contribution in [0.4, 0.5) is 5.69 Å². The molecule has 7 heteroatoms. The molecule has 0 atom stereocenters. The molecule has 3 heterocycles. The van der Waals surface area contributed by atoms with Crippen LogP contribution in [0.3, 0.4) is 0 Å². The number of amides is 1. The maximum atomic E-state index is 13.6. The molecule has 0 unspecified atom stereocenters. The number of hydrogen-bond donors (Lipinski definition) is 1. The minimum absolute atomic E-state index is 0.185. The highest BCUT2D eigenvalue weighted by atomic mass is 16.5. The van der Waals surface area contributed by atoms with Crippen LogP contribution < -0.4 is 9.64 Å². The maximum absolute atomic E-state index is 13.6. The summed E-state index contributed by atoms with van der Waals surface area (Å²) >= 11 is 0. The molecule has 2 aromatic carbocycles. The van der Waals surface area contributed by atoms with E-state index in [0.717, 1.165) is 22.6 Å². The Kier molecular flexibility index (Phi) is 5.13. The van der Waals surface area contributed by atoms with E-state index < -0.39 is 0 Å². The summed E-state index contributed by atoms with van der Waals surface area (Å²) in [5.41, 5.74) is 4.39. The first kappa shape index (κ1) is 19.6. The van der Waals surface area contributed by atoms with Gasteiger partial charge in [0, 0.05) is 17.4 Å². The number of imidazole rings is 1. The van der Waals surface area contributed by atoms with E-state index in [9.17, 15) is 4.79 Å². The normalized spacial score (nSPS) is 10.9. The number of methoxy groups -OCH3 is 1. The van der Waals surface area contributed by atoms with Gasteiger partial charge in [-0.05, 0) is 42.5 Å². The third-order valence-corrected chi connectivity index (χ3v) is 5.32. The van der Waals surface area contributed by atoms with Crippen molar-refractivity contribution in [2.24, 2.45) is 0 Å². The Labute approximate surface area is 184 Å². The number of carbonyl (C=O) groups excluding carboxylic acids is 1. The van der Waals surface area contributed by atoms with Crippen LogP contribution in [0.25, 0.3) is 16.9 Å². The van der Waals surface area contributed by atoms with Crippen LogP contribution in [0.5, 0.6) is 5.75 Å². The predicted molar refractivity (Wildman–Crippen MR) is 123 cm³/mol. The van der Waals surface area contributed by atoms with Crippen molar-refractivity contribution in [3.05, 3.63) is 103 Å². The van der Waals surface area contributed by atoms with Gasteiger partial charge in [0.15, 0.2) is 0 Å². The average molecular weight is 423 g/mol. The van der Waals surface area contributed by atoms with Gasteiger partial charge < -0.3 is 14.0 Å². The number of carbonyl (C=O) groups is 1. The number of para-hydroxylation sites is 2. The second kappa shape index (κ2) is 8.39. The van der Waals surface area contributed by atoms with Crippen LogP contribution in [-0.4, -0.2) is 32.6 Å². The molecule has 5 rings (SSSR count). The van der Waals surface area contributed by atoms with E-state index in [1.807, 2.05) is 83.4 Å². The van der Waals surface area contributed by atoms with E-state index in [1.165, 1.54) is 0 Å². The molecule has 0 saturated heterocycles. The standard InChI is InChI=1S/C25H21N5O2/c1-32-23-12-6-5-11-20(23)21-15-22(28-27-21)25(31)30(18-9-3-2-4-10-18)17-19-16-26-24-13-7-8-14-29(19)24/h2-16H,17H2,1H3,(H,27,28). The van der Waals surface area contributed by atoms with Crippen LogP contribution in [0.2, 0.25) is 0 Å². The minimum atomic E-state index is -0.185. The second-order valence-corrected chi connectivity index (χ2v) is 7.27. The molecule has 5 aromatic rings. The van der Waals surface area contributed by atoms with E-state index in [-0.39, 0.29) is 5.91 Å². The van der Waals surface area contributed by atoms with Gasteiger partial charge in [0.1, 0.15) is 17.1 Å². The molecule has 1 N–H and O–H groups in total. The van der Waals surface area contributed by atoms with Crippen molar-refractivity contribution in [2.45, 2.75) is 6.54 Å². The number of benzene rings is 2. The molecular weight excluding hydrogens is 402 g/mol. The van der Waals surface area contributed by atoms with E-state index in [4.69, 9.17) is 4.74 Å². The molecule has 0 bridgehead atoms. The Hall–Kier alpha value is -4.39. The summed E-state index contributed by atoms with van der Waals surface area (Å²) in [6.07, 6.45) is 3.74. The van der Waals surface area contributed by atoms with E-state index in [2.05, 4.69) is 15.2 Å². The number of H-pyrrole nitrogens is 1. The highest BCUT2D eigenvalue weighted by Crippen LogP contribution is 2.29. The highest BCUT2D eigenvalue weighted by molar-refractivity contribution is 6.05. The number of rotatable bonds is 6. The fourth-order valence-electron chi connectivity index (χ4n) is 3.72. The van der Waals surface area contributed by atoms with Crippen molar-refractivity contribution in [1.82, 2.24) is 19.6 Å². The van der Waals surface area contributed by atoms with Gasteiger partial charge in [0.2, 0.25) is 0 Å². The van der Waals surface area contributed by atoms with Gasteiger partial charge in [-0.3, -0.25) is 9.89 Å². The predicted octanol–water partition coefficient (Wildman–Crippen LogP) is 4.58. The summed E-state index contributed by atoms with van der Waals surface area (Å²) in [6, 6.07) is 24.8. The van der Waals surface area contributed by atoms with Crippen LogP contribution in [0.1, 0.15) is 16.2 Å². The zero-order chi connectivity index (χ0) is 21.9. The molecule has 0 aliphatic carbocycles. The molecule has 0 saturated carbocycles. The first-order valence-electron chi connectivity index (χ1n) is 10.2. The summed E-state index contributed by atoms with van der Waals surface area (Å²) in [4.78, 5) is 19.8. The van der Waals surface area contributed by atoms with Crippen molar-refractivity contribution in [3.63, 3.8) is 0 Å². The van der Waals surface area contributed by atoms with Crippen molar-refractivity contribution in [1.29, 1.82) is 0 Å². The number of anilines is 1. The first-order chi connectivity index (χ1) is 15.7. The molecule has 0 aliphatic heterocycles. The number of fused-ring (bicyclic) bond motifs is 1. The summed E-state index contributed by atoms with van der Waals surface area (Å²) in [7, 11) is 1.62. The number of aromatic amines is 1. The van der Waals surface area contributed by atoms with Crippen LogP contribution >= 0.6 is 0 Å². The first-order valence-corrected chi connectivity index (χ1v) is 10.2. The molecule has 0 fully saturated rings. The quantitative estimate of drug-likeness (QED) is 0.434. The smallest absolute Gasteiger partial charge is 0.276 e. The van der Waals surface area contributed by atoms with Crippen molar-refractivity contribution in [2.75, 3.05) is 12.0 Å². The highest BCUT2D eigenvalue weighted by Gasteiger charge is 2.22. The van der Waals surface area contributed by atoms with Crippen molar-refractivity contribution >= 4 is 17.2 Å². The summed E-state index contributed by atoms with van der Waals surface area (Å²) in [5, 5.41) is 7.27. The summed E-state index contributed by atoms with van der Waals surface area (Å²) in [6.45, 7) is 0.358. The minimum Gasteiger partial charge on any atom is -0.496 e. The van der Waals surface area contributed by atoms with Gasteiger partial charge in [0.05, 0.1) is 31.2 Å². The average Bonchev–Trinajstić information content (AvgIpc) is 3.50. The van der Waals surface area contributed by atoms with Gasteiger partial charge >= 0.3 is 0 Å². The molecule has 7 nitrogen and oxygen atoms in total. The van der Waals surface area contributed by atoms with Gasteiger partial charge in [0.25, 0.3) is 5.91 Å². The number of hydrogen-bond acceptors (Lipinski definition) is 4. The molecule has 0 aliphatic rings. The zero-order valence-corrected chi connectivity index (χ0v) is 17.5. The van der Waals surface area contributed by atoms with E-state index in [0.29, 0.717) is 23.7 Å². The largest absolute Gasteiger partial charge is 0.496 e. The lowest BCUT2D eigenvalue weighted by Gasteiger charge is -2.22. The Morgan fingerprint density at radius 3 is 2.66 bits per heavy atom. The Bertz CT molecular complexity index is 1370. The third kappa shape index (κ3) is 3.60. The molecule has 3 aromatic heterocycles. The van der Waals surface area contributed by atoms with E-state index >= 15 is 0 Å². The van der Waals surface area contributed by atoms with Crippen LogP contribution in [0, 0.1) is 0 Å². The number of nitrogens with one attached hydrogen (secondary N) is 1. The van der Waals surface area contributed by atoms with Crippen LogP contribution in [-0.2, 0) is 6.54 Å². The molecule has 1 amide bonds. The summed E-state index contributed by atoms with van der Waals surface area (Å²) in [5.74, 6) is 0.513. The third-order valence-electron chi connectivity index (χ3n) is 5.32. The molecule has 0 radical (unpaired) electrons. The number of pyridine rings is 1. The van der Waals surface area contributed by atoms with Crippen molar-refractivity contribution < 1.29 is 9.53 Å². The van der Waals surface area contributed by atoms with Gasteiger partial charge in [-0.2, -0.15) is 5.10 Å². The van der Waals surface area contributed by atoms with Gasteiger partial charge in [-0.15, -0.1) is 0 Å². The topological polar surface area (TPSA) is 75.5 Å². The zero-order valence-electron chi connectivity index (χ0n) is 17.5. The Balaban J connectivity index is 1.51. The number of nitrogens with zero attached hydrogens (tertiary/aromatic N) is 4. The second-order valence-electron chi connectivity index (χ2n) is 7.27. The monoisotopic (exact) mass is 423 g/mol. The van der Waals surface area contributed by atoms with Crippen LogP contribution in [0.15, 0.2) is 91.3 Å². The Morgan fingerprint density at radius 1 is 1.03 bits per heavy atom. The van der Waals surface area contributed by atoms with Crippen molar-refractivity contribution in [3.8, 4) is 17.0 Å². The lowest BCUT2D eigenvalue weighted by Crippen LogP contribution is -2.31. The Morgan fingerprint density at radius 2 is 1.81 bits per heavy atom. The fourth-order valence-corrected chi connectivity index (χ4v) is 3.72.